The fourth-order valence-electron chi connectivity index (χ4n) is 6.12. The van der Waals surface area contributed by atoms with Crippen molar-refractivity contribution in [2.75, 3.05) is 20.1 Å². The number of amides is 1. The van der Waals surface area contributed by atoms with Crippen molar-refractivity contribution in [1.29, 1.82) is 0 Å². The summed E-state index contributed by atoms with van der Waals surface area (Å²) < 4.78 is 2.01. The van der Waals surface area contributed by atoms with Crippen molar-refractivity contribution in [3.05, 3.63) is 52.7 Å². The fourth-order valence-corrected chi connectivity index (χ4v) is 9.06. The van der Waals surface area contributed by atoms with Gasteiger partial charge in [0.05, 0.1) is 39.9 Å². The number of carbonyl (C=O) groups is 2. The molecule has 4 nitrogen and oxygen atoms in total. The van der Waals surface area contributed by atoms with E-state index in [4.69, 9.17) is 0 Å². The maximum Gasteiger partial charge on any atom is 0.261 e. The Hall–Kier alpha value is -1.22. The van der Waals surface area contributed by atoms with Gasteiger partial charge in [-0.25, -0.2) is 0 Å². The molecule has 238 valence electrons. The lowest BCUT2D eigenvalue weighted by atomic mass is 9.94. The molecule has 0 bridgehead atoms. The summed E-state index contributed by atoms with van der Waals surface area (Å²) in [6, 6.07) is 8.18. The predicted molar refractivity (Wildman–Crippen MR) is 193 cm³/mol. The van der Waals surface area contributed by atoms with E-state index < -0.39 is 0 Å². The van der Waals surface area contributed by atoms with Crippen molar-refractivity contribution in [2.24, 2.45) is 11.8 Å². The first-order chi connectivity index (χ1) is 20.8. The van der Waals surface area contributed by atoms with Crippen LogP contribution in [0, 0.1) is 11.8 Å². The van der Waals surface area contributed by atoms with Gasteiger partial charge in [0.25, 0.3) is 5.91 Å². The summed E-state index contributed by atoms with van der Waals surface area (Å²) in [6.07, 6.45) is 15.0. The molecule has 0 spiro atoms. The van der Waals surface area contributed by atoms with Crippen LogP contribution in [-0.2, 0) is 9.59 Å². The van der Waals surface area contributed by atoms with Crippen LogP contribution in [0.15, 0.2) is 43.0 Å². The average molecular weight is 755 g/mol. The number of halogens is 2. The Bertz CT molecular complexity index is 1240. The van der Waals surface area contributed by atoms with Crippen LogP contribution < -0.4 is 0 Å². The molecule has 0 saturated carbocycles. The predicted octanol–water partition coefficient (Wildman–Crippen LogP) is 11.4. The van der Waals surface area contributed by atoms with Gasteiger partial charge in [0, 0.05) is 20.1 Å². The van der Waals surface area contributed by atoms with Gasteiger partial charge in [-0.1, -0.05) is 85.5 Å². The van der Waals surface area contributed by atoms with E-state index in [9.17, 15) is 9.59 Å². The third-order valence-corrected chi connectivity index (χ3v) is 11.8. The molecule has 0 N–H and O–H groups in total. The van der Waals surface area contributed by atoms with Gasteiger partial charge in [0.1, 0.15) is 0 Å². The van der Waals surface area contributed by atoms with Gasteiger partial charge < -0.3 is 9.80 Å². The van der Waals surface area contributed by atoms with Crippen LogP contribution in [-0.4, -0.2) is 42.1 Å². The molecule has 8 heteroatoms. The fraction of sp³-hybridized carbons (Fsp3) is 0.600. The number of unbranched alkanes of at least 4 members (excludes halogenated alkanes) is 5. The Labute approximate surface area is 285 Å². The van der Waals surface area contributed by atoms with Crippen molar-refractivity contribution in [3.63, 3.8) is 0 Å². The highest BCUT2D eigenvalue weighted by Crippen LogP contribution is 2.44. The molecule has 3 rings (SSSR count). The zero-order chi connectivity index (χ0) is 31.4. The quantitative estimate of drug-likeness (QED) is 0.0768. The Morgan fingerprint density at radius 3 is 2.02 bits per heavy atom. The minimum absolute atomic E-state index is 0.0429. The molecular formula is C35H50Br2N2O2S2. The lowest BCUT2D eigenvalue weighted by Crippen LogP contribution is -2.32. The summed E-state index contributed by atoms with van der Waals surface area (Å²) in [4.78, 5) is 33.9. The molecule has 0 fully saturated rings. The summed E-state index contributed by atoms with van der Waals surface area (Å²) in [5, 5.41) is 0. The summed E-state index contributed by atoms with van der Waals surface area (Å²) in [7, 11) is 2.11. The Balaban J connectivity index is 2.14. The largest absolute Gasteiger partial charge is 0.373 e. The molecule has 43 heavy (non-hydrogen) atoms. The second-order valence-electron chi connectivity index (χ2n) is 11.9. The van der Waals surface area contributed by atoms with Crippen molar-refractivity contribution in [1.82, 2.24) is 9.80 Å². The number of thiophene rings is 2. The van der Waals surface area contributed by atoms with Crippen LogP contribution in [0.2, 0.25) is 0 Å². The summed E-state index contributed by atoms with van der Waals surface area (Å²) >= 11 is 10.5. The van der Waals surface area contributed by atoms with Crippen LogP contribution in [0.4, 0.5) is 0 Å². The summed E-state index contributed by atoms with van der Waals surface area (Å²) in [6.45, 7) is 10.5. The molecule has 1 aliphatic rings. The normalized spacial score (nSPS) is 15.6. The molecule has 2 aromatic rings. The highest BCUT2D eigenvalue weighted by Gasteiger charge is 2.40. The van der Waals surface area contributed by atoms with Crippen molar-refractivity contribution in [3.8, 4) is 0 Å². The van der Waals surface area contributed by atoms with Gasteiger partial charge >= 0.3 is 0 Å². The number of carbonyl (C=O) groups excluding carboxylic acids is 2. The third kappa shape index (κ3) is 9.88. The van der Waals surface area contributed by atoms with Crippen LogP contribution >= 0.6 is 54.5 Å². The first kappa shape index (κ1) is 36.3. The second kappa shape index (κ2) is 18.7. The van der Waals surface area contributed by atoms with Gasteiger partial charge in [-0.15, -0.1) is 22.7 Å². The molecule has 1 amide bonds. The molecular weight excluding hydrogens is 704 g/mol. The molecule has 0 saturated heterocycles. The first-order valence-electron chi connectivity index (χ1n) is 16.3. The molecule has 1 atom stereocenters. The molecule has 1 aliphatic heterocycles. The van der Waals surface area contributed by atoms with Gasteiger partial charge in [-0.05, 0) is 87.2 Å². The lowest BCUT2D eigenvalue weighted by Gasteiger charge is -2.29. The van der Waals surface area contributed by atoms with Crippen LogP contribution in [0.3, 0.4) is 0 Å². The van der Waals surface area contributed by atoms with E-state index in [0.717, 1.165) is 54.4 Å². The Morgan fingerprint density at radius 2 is 1.49 bits per heavy atom. The van der Waals surface area contributed by atoms with Gasteiger partial charge in [0.2, 0.25) is 0 Å². The number of hydrogen-bond acceptors (Lipinski definition) is 5. The van der Waals surface area contributed by atoms with Crippen LogP contribution in [0.25, 0.3) is 11.4 Å². The molecule has 2 aromatic heterocycles. The van der Waals surface area contributed by atoms with Crippen LogP contribution in [0.5, 0.6) is 0 Å². The first-order valence-corrected chi connectivity index (χ1v) is 19.5. The number of nitrogens with zero attached hydrogens (tertiary/aromatic N) is 2. The van der Waals surface area contributed by atoms with Crippen molar-refractivity contribution < 1.29 is 9.59 Å². The maximum absolute atomic E-state index is 14.7. The number of rotatable bonds is 20. The second-order valence-corrected chi connectivity index (χ2v) is 16.8. The number of hydrogen-bond donors (Lipinski definition) is 0. The van der Waals surface area contributed by atoms with Gasteiger partial charge in [0.15, 0.2) is 6.29 Å². The van der Waals surface area contributed by atoms with E-state index in [1.54, 1.807) is 22.7 Å². The molecule has 0 radical (unpaired) electrons. The Kier molecular flexibility index (Phi) is 15.7. The molecule has 1 unspecified atom stereocenters. The zero-order valence-electron chi connectivity index (χ0n) is 26.7. The third-order valence-electron chi connectivity index (χ3n) is 8.55. The molecule has 3 heterocycles. The monoisotopic (exact) mass is 752 g/mol. The highest BCUT2D eigenvalue weighted by atomic mass is 79.9. The minimum Gasteiger partial charge on any atom is -0.373 e. The Morgan fingerprint density at radius 1 is 0.860 bits per heavy atom. The summed E-state index contributed by atoms with van der Waals surface area (Å²) in [5.74, 6) is 0.884. The topological polar surface area (TPSA) is 40.6 Å². The van der Waals surface area contributed by atoms with E-state index in [1.807, 2.05) is 23.1 Å². The van der Waals surface area contributed by atoms with Crippen molar-refractivity contribution >= 4 is 78.1 Å². The minimum atomic E-state index is -0.0429. The zero-order valence-corrected chi connectivity index (χ0v) is 31.5. The lowest BCUT2D eigenvalue weighted by molar-refractivity contribution is -0.123. The van der Waals surface area contributed by atoms with E-state index in [1.165, 1.54) is 64.2 Å². The van der Waals surface area contributed by atoms with E-state index in [-0.39, 0.29) is 5.91 Å². The van der Waals surface area contributed by atoms with Gasteiger partial charge in [-0.2, -0.15) is 0 Å². The van der Waals surface area contributed by atoms with Crippen molar-refractivity contribution in [2.45, 2.75) is 105 Å². The highest BCUT2D eigenvalue weighted by molar-refractivity contribution is 9.11. The van der Waals surface area contributed by atoms with Crippen LogP contribution in [0.1, 0.15) is 114 Å². The summed E-state index contributed by atoms with van der Waals surface area (Å²) in [5.41, 5.74) is 2.72. The standard InChI is InChI=1S/C35H50Br2N2O2S2/c1-6-10-13-14-17-25(9-4)23-39-33(28-18-20-30(36)42-28)27(24-40)32(35(39)41)34(29-19-21-31(37)43-29)38(5)22-26(15-11-7-2)16-12-8-3/h18-21,24-26H,6-17,22-23H2,1-5H3/b34-32+. The smallest absolute Gasteiger partial charge is 0.261 e. The van der Waals surface area contributed by atoms with E-state index in [2.05, 4.69) is 77.6 Å². The average Bonchev–Trinajstić information content (AvgIpc) is 3.69. The van der Waals surface area contributed by atoms with E-state index in [0.29, 0.717) is 29.5 Å². The molecule has 0 aromatic carbocycles. The van der Waals surface area contributed by atoms with E-state index >= 15 is 0 Å². The molecule has 0 aliphatic carbocycles. The maximum atomic E-state index is 14.7. The number of aldehydes is 1. The SMILES string of the molecule is CCCCCCC(CC)CN1C(=O)/C(=C(\c2ccc(Br)s2)N(C)CC(CCCC)CCCC)C(C=O)=C1c1ccc(Br)s1. The van der Waals surface area contributed by atoms with Gasteiger partial charge in [-0.3, -0.25) is 9.59 Å².